The molecule has 0 bridgehead atoms. The summed E-state index contributed by atoms with van der Waals surface area (Å²) in [5.41, 5.74) is -0.636. The maximum absolute atomic E-state index is 13.0. The predicted molar refractivity (Wildman–Crippen MR) is 101 cm³/mol. The van der Waals surface area contributed by atoms with E-state index in [1.165, 1.54) is 9.80 Å². The largest absolute Gasteiger partial charge is 0.460 e. The standard InChI is InChI=1S/C19H35N3O4/c1-19(2,3)26-15(23)12-14(17(24)21(5)6)22(7)18(25)16(20-4)13-10-8-9-11-13/h13-14,16,20H,8-12H2,1-7H3/t14-,16-/m0/s1. The van der Waals surface area contributed by atoms with E-state index in [1.807, 2.05) is 0 Å². The molecule has 1 saturated carbocycles. The third-order valence-corrected chi connectivity index (χ3v) is 4.77. The lowest BCUT2D eigenvalue weighted by Crippen LogP contribution is -2.55. The van der Waals surface area contributed by atoms with E-state index < -0.39 is 17.6 Å². The molecule has 0 spiro atoms. The Morgan fingerprint density at radius 3 is 2.04 bits per heavy atom. The normalized spacial score (nSPS) is 17.5. The number of ether oxygens (including phenoxy) is 1. The van der Waals surface area contributed by atoms with E-state index >= 15 is 0 Å². The predicted octanol–water partition coefficient (Wildman–Crippen LogP) is 1.41. The van der Waals surface area contributed by atoms with Gasteiger partial charge in [-0.15, -0.1) is 0 Å². The highest BCUT2D eigenvalue weighted by molar-refractivity contribution is 5.92. The molecule has 150 valence electrons. The summed E-state index contributed by atoms with van der Waals surface area (Å²) >= 11 is 0. The Labute approximate surface area is 157 Å². The number of hydrogen-bond donors (Lipinski definition) is 1. The molecule has 26 heavy (non-hydrogen) atoms. The lowest BCUT2D eigenvalue weighted by atomic mass is 9.96. The van der Waals surface area contributed by atoms with Gasteiger partial charge < -0.3 is 19.9 Å². The topological polar surface area (TPSA) is 79.0 Å². The average molecular weight is 370 g/mol. The van der Waals surface area contributed by atoms with Crippen molar-refractivity contribution >= 4 is 17.8 Å². The third kappa shape index (κ3) is 6.27. The van der Waals surface area contributed by atoms with Crippen LogP contribution in [0.3, 0.4) is 0 Å². The highest BCUT2D eigenvalue weighted by Crippen LogP contribution is 2.29. The number of carbonyl (C=O) groups is 3. The quantitative estimate of drug-likeness (QED) is 0.687. The van der Waals surface area contributed by atoms with Crippen molar-refractivity contribution < 1.29 is 19.1 Å². The number of carbonyl (C=O) groups excluding carboxylic acids is 3. The van der Waals surface area contributed by atoms with Gasteiger partial charge in [-0.05, 0) is 46.6 Å². The summed E-state index contributed by atoms with van der Waals surface area (Å²) in [6.07, 6.45) is 4.10. The van der Waals surface area contributed by atoms with Gasteiger partial charge in [0.15, 0.2) is 0 Å². The molecule has 2 amide bonds. The van der Waals surface area contributed by atoms with Gasteiger partial charge >= 0.3 is 5.97 Å². The number of hydrogen-bond acceptors (Lipinski definition) is 5. The van der Waals surface area contributed by atoms with Crippen LogP contribution in [-0.2, 0) is 19.1 Å². The van der Waals surface area contributed by atoms with Crippen LogP contribution < -0.4 is 5.32 Å². The lowest BCUT2D eigenvalue weighted by molar-refractivity contribution is -0.160. The third-order valence-electron chi connectivity index (χ3n) is 4.77. The Bertz CT molecular complexity index is 507. The summed E-state index contributed by atoms with van der Waals surface area (Å²) in [6.45, 7) is 5.33. The fourth-order valence-corrected chi connectivity index (χ4v) is 3.45. The molecule has 7 nitrogen and oxygen atoms in total. The van der Waals surface area contributed by atoms with E-state index in [2.05, 4.69) is 5.32 Å². The summed E-state index contributed by atoms with van der Waals surface area (Å²) in [5, 5.41) is 3.11. The first kappa shape index (κ1) is 22.4. The van der Waals surface area contributed by atoms with Gasteiger partial charge in [-0.1, -0.05) is 12.8 Å². The Balaban J connectivity index is 2.95. The van der Waals surface area contributed by atoms with Crippen LogP contribution in [-0.4, -0.2) is 73.5 Å². The van der Waals surface area contributed by atoms with Gasteiger partial charge in [0, 0.05) is 21.1 Å². The smallest absolute Gasteiger partial charge is 0.308 e. The van der Waals surface area contributed by atoms with E-state index in [0.717, 1.165) is 25.7 Å². The van der Waals surface area contributed by atoms with Crippen LogP contribution in [0.1, 0.15) is 52.9 Å². The van der Waals surface area contributed by atoms with E-state index in [4.69, 9.17) is 4.74 Å². The number of nitrogens with zero attached hydrogens (tertiary/aromatic N) is 2. The molecule has 0 aliphatic heterocycles. The van der Waals surface area contributed by atoms with E-state index in [-0.39, 0.29) is 30.2 Å². The summed E-state index contributed by atoms with van der Waals surface area (Å²) < 4.78 is 5.35. The van der Waals surface area contributed by atoms with Crippen LogP contribution in [0.2, 0.25) is 0 Å². The molecule has 0 heterocycles. The van der Waals surface area contributed by atoms with Gasteiger partial charge in [0.2, 0.25) is 11.8 Å². The van der Waals surface area contributed by atoms with Crippen molar-refractivity contribution in [2.24, 2.45) is 5.92 Å². The molecule has 0 saturated heterocycles. The monoisotopic (exact) mass is 369 g/mol. The highest BCUT2D eigenvalue weighted by atomic mass is 16.6. The van der Waals surface area contributed by atoms with Crippen LogP contribution in [0.4, 0.5) is 0 Å². The van der Waals surface area contributed by atoms with Crippen molar-refractivity contribution in [3.05, 3.63) is 0 Å². The van der Waals surface area contributed by atoms with Gasteiger partial charge in [0.1, 0.15) is 11.6 Å². The van der Waals surface area contributed by atoms with Gasteiger partial charge in [0.05, 0.1) is 12.5 Å². The molecule has 1 aliphatic carbocycles. The van der Waals surface area contributed by atoms with Crippen LogP contribution in [0.25, 0.3) is 0 Å². The number of esters is 1. The van der Waals surface area contributed by atoms with E-state index in [9.17, 15) is 14.4 Å². The SMILES string of the molecule is CN[C@H](C(=O)N(C)[C@@H](CC(=O)OC(C)(C)C)C(=O)N(C)C)C1CCCC1. The Morgan fingerprint density at radius 1 is 1.08 bits per heavy atom. The van der Waals surface area contributed by atoms with Crippen molar-refractivity contribution in [3.63, 3.8) is 0 Å². The average Bonchev–Trinajstić information content (AvgIpc) is 3.04. The van der Waals surface area contributed by atoms with Crippen molar-refractivity contribution in [1.82, 2.24) is 15.1 Å². The Kier molecular flexibility index (Phi) is 8.06. The van der Waals surface area contributed by atoms with Gasteiger partial charge in [-0.3, -0.25) is 14.4 Å². The maximum Gasteiger partial charge on any atom is 0.308 e. The van der Waals surface area contributed by atoms with Crippen LogP contribution in [0, 0.1) is 5.92 Å². The minimum Gasteiger partial charge on any atom is -0.460 e. The zero-order chi connectivity index (χ0) is 20.1. The van der Waals surface area contributed by atoms with Gasteiger partial charge in [-0.2, -0.15) is 0 Å². The molecular weight excluding hydrogens is 334 g/mol. The van der Waals surface area contributed by atoms with E-state index in [1.54, 1.807) is 49.0 Å². The maximum atomic E-state index is 13.0. The second kappa shape index (κ2) is 9.35. The van der Waals surface area contributed by atoms with Crippen molar-refractivity contribution in [1.29, 1.82) is 0 Å². The summed E-state index contributed by atoms with van der Waals surface area (Å²) in [5.74, 6) is -0.651. The lowest BCUT2D eigenvalue weighted by Gasteiger charge is -2.33. The molecule has 0 radical (unpaired) electrons. The van der Waals surface area contributed by atoms with Gasteiger partial charge in [-0.25, -0.2) is 0 Å². The summed E-state index contributed by atoms with van der Waals surface area (Å²) in [4.78, 5) is 40.7. The molecule has 2 atom stereocenters. The molecule has 1 fully saturated rings. The molecule has 1 N–H and O–H groups in total. The number of rotatable bonds is 7. The van der Waals surface area contributed by atoms with Crippen molar-refractivity contribution in [3.8, 4) is 0 Å². The second-order valence-electron chi connectivity index (χ2n) is 8.30. The number of amides is 2. The molecule has 1 aliphatic rings. The number of likely N-dealkylation sites (N-methyl/N-ethyl adjacent to an activating group) is 3. The molecule has 7 heteroatoms. The molecule has 0 aromatic rings. The number of nitrogens with one attached hydrogen (secondary N) is 1. The van der Waals surface area contributed by atoms with Gasteiger partial charge in [0.25, 0.3) is 0 Å². The Hall–Kier alpha value is -1.63. The first-order valence-corrected chi connectivity index (χ1v) is 9.35. The zero-order valence-corrected chi connectivity index (χ0v) is 17.3. The minimum atomic E-state index is -0.871. The first-order valence-electron chi connectivity index (χ1n) is 9.35. The van der Waals surface area contributed by atoms with Crippen LogP contribution in [0.5, 0.6) is 0 Å². The first-order chi connectivity index (χ1) is 12.0. The molecule has 0 aromatic heterocycles. The highest BCUT2D eigenvalue weighted by Gasteiger charge is 2.37. The molecule has 0 unspecified atom stereocenters. The molecule has 0 aromatic carbocycles. The fourth-order valence-electron chi connectivity index (χ4n) is 3.45. The van der Waals surface area contributed by atoms with E-state index in [0.29, 0.717) is 0 Å². The Morgan fingerprint density at radius 2 is 1.62 bits per heavy atom. The molecular formula is C19H35N3O4. The van der Waals surface area contributed by atoms with Crippen LogP contribution in [0.15, 0.2) is 0 Å². The van der Waals surface area contributed by atoms with Crippen LogP contribution >= 0.6 is 0 Å². The summed E-state index contributed by atoms with van der Waals surface area (Å²) in [6, 6.07) is -1.21. The summed E-state index contributed by atoms with van der Waals surface area (Å²) in [7, 11) is 6.61. The fraction of sp³-hybridized carbons (Fsp3) is 0.842. The van der Waals surface area contributed by atoms with Crippen molar-refractivity contribution in [2.45, 2.75) is 70.6 Å². The van der Waals surface area contributed by atoms with Crippen molar-refractivity contribution in [2.75, 3.05) is 28.2 Å². The second-order valence-corrected chi connectivity index (χ2v) is 8.30. The molecule has 1 rings (SSSR count). The zero-order valence-electron chi connectivity index (χ0n) is 17.3. The minimum absolute atomic E-state index is 0.150.